The molecule has 3 aliphatic rings. The van der Waals surface area contributed by atoms with Gasteiger partial charge < -0.3 is 10.1 Å². The average molecular weight is 378 g/mol. The first-order valence-corrected chi connectivity index (χ1v) is 10.8. The minimum Gasteiger partial charge on any atom is -0.370 e. The quantitative estimate of drug-likeness (QED) is 0.846. The Morgan fingerprint density at radius 3 is 2.88 bits per heavy atom. The zero-order valence-electron chi connectivity index (χ0n) is 15.3. The van der Waals surface area contributed by atoms with Crippen LogP contribution in [0.15, 0.2) is 29.2 Å². The molecule has 7 heteroatoms. The minimum atomic E-state index is -3.53. The van der Waals surface area contributed by atoms with E-state index in [1.54, 1.807) is 16.4 Å². The molecule has 0 radical (unpaired) electrons. The molecular formula is C19H26N2O4S. The Balaban J connectivity index is 1.57. The number of nitrogens with zero attached hydrogens (tertiary/aromatic N) is 1. The number of ether oxygens (including phenoxy) is 1. The third kappa shape index (κ3) is 2.68. The second-order valence-corrected chi connectivity index (χ2v) is 9.66. The highest BCUT2D eigenvalue weighted by molar-refractivity contribution is 7.89. The molecule has 0 aromatic heterocycles. The SMILES string of the molecule is CCC(=O)NC[C@H]1[C@H]2CN(S(=O)(=O)c3ccccc3C)C[C@]23CC[C@H]1O3. The summed E-state index contributed by atoms with van der Waals surface area (Å²) in [5, 5.41) is 2.98. The van der Waals surface area contributed by atoms with Gasteiger partial charge in [-0.15, -0.1) is 0 Å². The molecule has 0 unspecified atom stereocenters. The van der Waals surface area contributed by atoms with E-state index in [0.717, 1.165) is 18.4 Å². The van der Waals surface area contributed by atoms with Gasteiger partial charge in [0, 0.05) is 37.9 Å². The lowest BCUT2D eigenvalue weighted by molar-refractivity contribution is -0.121. The number of hydrogen-bond donors (Lipinski definition) is 1. The summed E-state index contributed by atoms with van der Waals surface area (Å²) in [4.78, 5) is 12.0. The van der Waals surface area contributed by atoms with Crippen LogP contribution in [0.1, 0.15) is 31.7 Å². The molecule has 0 saturated carbocycles. The third-order valence-electron chi connectivity index (χ3n) is 6.32. The molecular weight excluding hydrogens is 352 g/mol. The Hall–Kier alpha value is -1.44. The maximum Gasteiger partial charge on any atom is 0.243 e. The molecule has 3 saturated heterocycles. The van der Waals surface area contributed by atoms with E-state index in [0.29, 0.717) is 31.0 Å². The Bertz CT molecular complexity index is 825. The molecule has 3 aliphatic heterocycles. The van der Waals surface area contributed by atoms with Crippen LogP contribution in [0.2, 0.25) is 0 Å². The molecule has 1 amide bonds. The van der Waals surface area contributed by atoms with Gasteiger partial charge in [-0.2, -0.15) is 4.31 Å². The molecule has 1 aromatic rings. The molecule has 4 atom stereocenters. The van der Waals surface area contributed by atoms with E-state index in [-0.39, 0.29) is 29.4 Å². The van der Waals surface area contributed by atoms with Gasteiger partial charge in [-0.3, -0.25) is 4.79 Å². The van der Waals surface area contributed by atoms with Crippen molar-refractivity contribution in [1.29, 1.82) is 0 Å². The monoisotopic (exact) mass is 378 g/mol. The molecule has 1 spiro atoms. The topological polar surface area (TPSA) is 75.7 Å². The summed E-state index contributed by atoms with van der Waals surface area (Å²) < 4.78 is 34.2. The van der Waals surface area contributed by atoms with Gasteiger partial charge >= 0.3 is 0 Å². The van der Waals surface area contributed by atoms with E-state index in [2.05, 4.69) is 5.32 Å². The Kier molecular flexibility index (Phi) is 4.36. The first-order chi connectivity index (χ1) is 12.4. The highest BCUT2D eigenvalue weighted by Crippen LogP contribution is 2.55. The predicted octanol–water partition coefficient (Wildman–Crippen LogP) is 1.69. The lowest BCUT2D eigenvalue weighted by atomic mass is 9.73. The van der Waals surface area contributed by atoms with Gasteiger partial charge in [0.2, 0.25) is 15.9 Å². The van der Waals surface area contributed by atoms with Crippen molar-refractivity contribution in [3.05, 3.63) is 29.8 Å². The van der Waals surface area contributed by atoms with Gasteiger partial charge in [-0.1, -0.05) is 25.1 Å². The van der Waals surface area contributed by atoms with Crippen LogP contribution in [0.25, 0.3) is 0 Å². The summed E-state index contributed by atoms with van der Waals surface area (Å²) in [6, 6.07) is 7.12. The molecule has 26 heavy (non-hydrogen) atoms. The van der Waals surface area contributed by atoms with Gasteiger partial charge in [0.1, 0.15) is 0 Å². The van der Waals surface area contributed by atoms with Crippen LogP contribution >= 0.6 is 0 Å². The van der Waals surface area contributed by atoms with Gasteiger partial charge in [0.25, 0.3) is 0 Å². The van der Waals surface area contributed by atoms with Crippen LogP contribution in [-0.4, -0.2) is 50.0 Å². The first kappa shape index (κ1) is 17.9. The lowest BCUT2D eigenvalue weighted by Gasteiger charge is -2.29. The third-order valence-corrected chi connectivity index (χ3v) is 8.29. The number of rotatable bonds is 5. The summed E-state index contributed by atoms with van der Waals surface area (Å²) in [7, 11) is -3.53. The molecule has 1 N–H and O–H groups in total. The number of hydrogen-bond acceptors (Lipinski definition) is 4. The van der Waals surface area contributed by atoms with Gasteiger partial charge in [-0.25, -0.2) is 8.42 Å². The molecule has 142 valence electrons. The van der Waals surface area contributed by atoms with Crippen LogP contribution in [-0.2, 0) is 19.6 Å². The Morgan fingerprint density at radius 1 is 1.38 bits per heavy atom. The van der Waals surface area contributed by atoms with E-state index in [1.807, 2.05) is 26.0 Å². The molecule has 0 aliphatic carbocycles. The minimum absolute atomic E-state index is 0.0317. The predicted molar refractivity (Wildman–Crippen MR) is 97.1 cm³/mol. The van der Waals surface area contributed by atoms with E-state index < -0.39 is 10.0 Å². The van der Waals surface area contributed by atoms with Crippen molar-refractivity contribution in [3.8, 4) is 0 Å². The number of sulfonamides is 1. The van der Waals surface area contributed by atoms with Crippen LogP contribution in [0, 0.1) is 18.8 Å². The summed E-state index contributed by atoms with van der Waals surface area (Å²) in [5.74, 6) is 0.373. The zero-order chi connectivity index (χ0) is 18.5. The fourth-order valence-electron chi connectivity index (χ4n) is 4.95. The summed E-state index contributed by atoms with van der Waals surface area (Å²) >= 11 is 0. The van der Waals surface area contributed by atoms with Crippen molar-refractivity contribution in [2.75, 3.05) is 19.6 Å². The lowest BCUT2D eigenvalue weighted by Crippen LogP contribution is -2.41. The highest BCUT2D eigenvalue weighted by atomic mass is 32.2. The largest absolute Gasteiger partial charge is 0.370 e. The number of fused-ring (bicyclic) bond motifs is 1. The van der Waals surface area contributed by atoms with Crippen LogP contribution in [0.4, 0.5) is 0 Å². The first-order valence-electron chi connectivity index (χ1n) is 9.38. The van der Waals surface area contributed by atoms with Crippen LogP contribution in [0.5, 0.6) is 0 Å². The van der Waals surface area contributed by atoms with Crippen molar-refractivity contribution in [2.45, 2.75) is 49.7 Å². The van der Waals surface area contributed by atoms with Crippen LogP contribution in [0.3, 0.4) is 0 Å². The smallest absolute Gasteiger partial charge is 0.243 e. The molecule has 3 heterocycles. The van der Waals surface area contributed by atoms with Crippen molar-refractivity contribution < 1.29 is 17.9 Å². The fraction of sp³-hybridized carbons (Fsp3) is 0.632. The van der Waals surface area contributed by atoms with E-state index in [4.69, 9.17) is 4.74 Å². The van der Waals surface area contributed by atoms with E-state index in [1.165, 1.54) is 0 Å². The van der Waals surface area contributed by atoms with E-state index >= 15 is 0 Å². The number of carbonyl (C=O) groups excluding carboxylic acids is 1. The highest BCUT2D eigenvalue weighted by Gasteiger charge is 2.64. The Labute approximate surface area is 155 Å². The molecule has 2 bridgehead atoms. The van der Waals surface area contributed by atoms with Gasteiger partial charge in [-0.05, 0) is 31.4 Å². The standard InChI is InChI=1S/C19H26N2O4S/c1-3-18(22)20-10-14-15-11-21(12-19(15)9-8-16(14)25-19)26(23,24)17-7-5-4-6-13(17)2/h4-7,14-16H,3,8-12H2,1-2H3,(H,20,22)/t14-,15+,16+,19+/m0/s1. The number of nitrogens with one attached hydrogen (secondary N) is 1. The molecule has 6 nitrogen and oxygen atoms in total. The normalized spacial score (nSPS) is 33.4. The maximum atomic E-state index is 13.2. The molecule has 4 rings (SSSR count). The van der Waals surface area contributed by atoms with Crippen LogP contribution < -0.4 is 5.32 Å². The summed E-state index contributed by atoms with van der Waals surface area (Å²) in [5.41, 5.74) is 0.390. The van der Waals surface area contributed by atoms with Gasteiger partial charge in [0.05, 0.1) is 16.6 Å². The second-order valence-electron chi connectivity index (χ2n) is 7.75. The van der Waals surface area contributed by atoms with Crippen molar-refractivity contribution >= 4 is 15.9 Å². The summed E-state index contributed by atoms with van der Waals surface area (Å²) in [6.07, 6.45) is 2.45. The Morgan fingerprint density at radius 2 is 2.15 bits per heavy atom. The summed E-state index contributed by atoms with van der Waals surface area (Å²) in [6.45, 7) is 5.12. The molecule has 3 fully saturated rings. The van der Waals surface area contributed by atoms with Gasteiger partial charge in [0.15, 0.2) is 0 Å². The van der Waals surface area contributed by atoms with Crippen molar-refractivity contribution in [3.63, 3.8) is 0 Å². The number of amides is 1. The second kappa shape index (κ2) is 6.32. The fourth-order valence-corrected chi connectivity index (χ4v) is 6.69. The molecule has 1 aromatic carbocycles. The number of benzene rings is 1. The van der Waals surface area contributed by atoms with Crippen molar-refractivity contribution in [2.24, 2.45) is 11.8 Å². The average Bonchev–Trinajstić information content (AvgIpc) is 3.28. The zero-order valence-corrected chi connectivity index (χ0v) is 16.1. The van der Waals surface area contributed by atoms with E-state index in [9.17, 15) is 13.2 Å². The van der Waals surface area contributed by atoms with Crippen molar-refractivity contribution in [1.82, 2.24) is 9.62 Å². The number of carbonyl (C=O) groups is 1. The maximum absolute atomic E-state index is 13.2. The number of aryl methyl sites for hydroxylation is 1.